The highest BCUT2D eigenvalue weighted by molar-refractivity contribution is 6.02. The Morgan fingerprint density at radius 3 is 2.58 bits per heavy atom. The molecule has 0 fully saturated rings. The Hall–Kier alpha value is -3.76. The molecule has 8 nitrogen and oxygen atoms in total. The average Bonchev–Trinajstić information content (AvgIpc) is 3.06. The third kappa shape index (κ3) is 4.71. The van der Waals surface area contributed by atoms with Crippen molar-refractivity contribution >= 4 is 29.7 Å². The van der Waals surface area contributed by atoms with Gasteiger partial charge < -0.3 is 4.90 Å². The molecule has 0 radical (unpaired) electrons. The van der Waals surface area contributed by atoms with Crippen molar-refractivity contribution in [2.75, 3.05) is 19.4 Å². The Labute approximate surface area is 175 Å². The first kappa shape index (κ1) is 21.9. The molecular formula is C20H19F3N6O2. The number of benzene rings is 1. The smallest absolute Gasteiger partial charge is 0.369 e. The molecule has 31 heavy (non-hydrogen) atoms. The predicted molar refractivity (Wildman–Crippen MR) is 109 cm³/mol. The lowest BCUT2D eigenvalue weighted by Gasteiger charge is -2.13. The Kier molecular flexibility index (Phi) is 5.78. The summed E-state index contributed by atoms with van der Waals surface area (Å²) in [5, 5.41) is 6.56. The van der Waals surface area contributed by atoms with Gasteiger partial charge in [-0.1, -0.05) is 12.1 Å². The lowest BCUT2D eigenvalue weighted by molar-refractivity contribution is -0.137. The van der Waals surface area contributed by atoms with Crippen LogP contribution >= 0.6 is 0 Å². The van der Waals surface area contributed by atoms with E-state index in [1.165, 1.54) is 36.1 Å². The number of aromatic nitrogens is 3. The van der Waals surface area contributed by atoms with E-state index >= 15 is 0 Å². The van der Waals surface area contributed by atoms with Crippen LogP contribution in [-0.2, 0) is 11.0 Å². The zero-order valence-corrected chi connectivity index (χ0v) is 17.2. The van der Waals surface area contributed by atoms with Gasteiger partial charge in [0.05, 0.1) is 17.5 Å². The number of carbonyl (C=O) groups excluding carboxylic acids is 2. The van der Waals surface area contributed by atoms with E-state index in [1.54, 1.807) is 25.9 Å². The van der Waals surface area contributed by atoms with Gasteiger partial charge in [0.15, 0.2) is 5.65 Å². The first-order chi connectivity index (χ1) is 14.5. The van der Waals surface area contributed by atoms with Crippen molar-refractivity contribution in [3.8, 4) is 11.1 Å². The molecule has 11 heteroatoms. The molecule has 2 aromatic heterocycles. The number of hydrogen-bond acceptors (Lipinski definition) is 4. The van der Waals surface area contributed by atoms with Crippen LogP contribution in [0.1, 0.15) is 28.4 Å². The van der Waals surface area contributed by atoms with Gasteiger partial charge in [-0.25, -0.2) is 4.52 Å². The van der Waals surface area contributed by atoms with E-state index < -0.39 is 23.6 Å². The number of nitrogens with one attached hydrogen (secondary N) is 1. The second-order valence-corrected chi connectivity index (χ2v) is 7.02. The van der Waals surface area contributed by atoms with E-state index in [0.29, 0.717) is 5.56 Å². The van der Waals surface area contributed by atoms with Crippen molar-refractivity contribution in [2.24, 2.45) is 4.99 Å². The van der Waals surface area contributed by atoms with Crippen LogP contribution in [0.15, 0.2) is 35.5 Å². The number of nitrogens with zero attached hydrogens (tertiary/aromatic N) is 5. The summed E-state index contributed by atoms with van der Waals surface area (Å²) >= 11 is 0. The minimum Gasteiger partial charge on any atom is -0.369 e. The second kappa shape index (κ2) is 8.17. The topological polar surface area (TPSA) is 92.0 Å². The summed E-state index contributed by atoms with van der Waals surface area (Å²) in [4.78, 5) is 33.7. The quantitative estimate of drug-likeness (QED) is 0.504. The molecule has 162 valence electrons. The minimum atomic E-state index is -4.54. The maximum Gasteiger partial charge on any atom is 0.416 e. The van der Waals surface area contributed by atoms with Gasteiger partial charge in [-0.2, -0.15) is 23.1 Å². The number of halogens is 3. The molecule has 1 N–H and O–H groups in total. The summed E-state index contributed by atoms with van der Waals surface area (Å²) in [6, 6.07) is 4.70. The number of carbonyl (C=O) groups is 2. The van der Waals surface area contributed by atoms with Crippen LogP contribution in [-0.4, -0.2) is 51.7 Å². The van der Waals surface area contributed by atoms with Crippen LogP contribution in [0.5, 0.6) is 0 Å². The fourth-order valence-electron chi connectivity index (χ4n) is 2.97. The molecule has 0 aliphatic rings. The highest BCUT2D eigenvalue weighted by Gasteiger charge is 2.31. The van der Waals surface area contributed by atoms with Crippen LogP contribution in [0, 0.1) is 6.92 Å². The van der Waals surface area contributed by atoms with Crippen molar-refractivity contribution in [3.63, 3.8) is 0 Å². The Bertz CT molecular complexity index is 1200. The van der Waals surface area contributed by atoms with Crippen LogP contribution in [0.2, 0.25) is 0 Å². The van der Waals surface area contributed by atoms with Gasteiger partial charge in [0.25, 0.3) is 5.91 Å². The predicted octanol–water partition coefficient (Wildman–Crippen LogP) is 3.41. The molecule has 1 aromatic carbocycles. The van der Waals surface area contributed by atoms with Crippen LogP contribution in [0.4, 0.5) is 19.1 Å². The number of pyridine rings is 1. The van der Waals surface area contributed by atoms with Crippen LogP contribution in [0.25, 0.3) is 16.8 Å². The van der Waals surface area contributed by atoms with Crippen LogP contribution < -0.4 is 5.32 Å². The number of anilines is 1. The van der Waals surface area contributed by atoms with Crippen molar-refractivity contribution < 1.29 is 22.8 Å². The van der Waals surface area contributed by atoms with Crippen molar-refractivity contribution in [3.05, 3.63) is 47.2 Å². The fraction of sp³-hybridized carbons (Fsp3) is 0.250. The van der Waals surface area contributed by atoms with E-state index in [0.717, 1.165) is 12.1 Å². The summed E-state index contributed by atoms with van der Waals surface area (Å²) in [6.07, 6.45) is -1.84. The summed E-state index contributed by atoms with van der Waals surface area (Å²) in [5.74, 6) is -1.06. The van der Waals surface area contributed by atoms with E-state index in [4.69, 9.17) is 0 Å². The number of alkyl halides is 3. The number of aliphatic imine (C=N–C) groups is 1. The summed E-state index contributed by atoms with van der Waals surface area (Å²) in [6.45, 7) is 2.87. The van der Waals surface area contributed by atoms with Gasteiger partial charge in [-0.3, -0.25) is 14.9 Å². The minimum absolute atomic E-state index is 0.0403. The van der Waals surface area contributed by atoms with Gasteiger partial charge in [0.2, 0.25) is 11.9 Å². The number of amides is 2. The van der Waals surface area contributed by atoms with Gasteiger partial charge >= 0.3 is 6.18 Å². The van der Waals surface area contributed by atoms with Gasteiger partial charge in [-0.15, -0.1) is 5.10 Å². The van der Waals surface area contributed by atoms with E-state index in [-0.39, 0.29) is 28.3 Å². The SMILES string of the molecule is CC(=O)Nc1nc2c(-c3cccc(C(F)(F)F)c3)c(C)c(C(=O)/N=C/N(C)C)cn2n1. The number of fused-ring (bicyclic) bond motifs is 1. The largest absolute Gasteiger partial charge is 0.416 e. The maximum absolute atomic E-state index is 13.3. The molecule has 0 bridgehead atoms. The van der Waals surface area contributed by atoms with Gasteiger partial charge in [-0.05, 0) is 30.2 Å². The van der Waals surface area contributed by atoms with Crippen molar-refractivity contribution in [1.82, 2.24) is 19.5 Å². The van der Waals surface area contributed by atoms with E-state index in [2.05, 4.69) is 20.4 Å². The van der Waals surface area contributed by atoms with Gasteiger partial charge in [0, 0.05) is 32.8 Å². The second-order valence-electron chi connectivity index (χ2n) is 7.02. The number of hydrogen-bond donors (Lipinski definition) is 1. The average molecular weight is 432 g/mol. The highest BCUT2D eigenvalue weighted by atomic mass is 19.4. The molecule has 0 unspecified atom stereocenters. The summed E-state index contributed by atoms with van der Waals surface area (Å²) < 4.78 is 41.1. The lowest BCUT2D eigenvalue weighted by Crippen LogP contribution is -2.11. The zero-order valence-electron chi connectivity index (χ0n) is 17.2. The molecule has 0 aliphatic heterocycles. The molecule has 3 aromatic rings. The Balaban J connectivity index is 2.29. The maximum atomic E-state index is 13.3. The Morgan fingerprint density at radius 2 is 1.97 bits per heavy atom. The van der Waals surface area contributed by atoms with Gasteiger partial charge in [0.1, 0.15) is 0 Å². The lowest BCUT2D eigenvalue weighted by atomic mass is 9.96. The van der Waals surface area contributed by atoms with E-state index in [9.17, 15) is 22.8 Å². The molecule has 0 spiro atoms. The molecule has 2 amide bonds. The molecule has 0 aliphatic carbocycles. The molecule has 0 atom stereocenters. The van der Waals surface area contributed by atoms with E-state index in [1.807, 2.05) is 0 Å². The third-order valence-corrected chi connectivity index (χ3v) is 4.29. The first-order valence-corrected chi connectivity index (χ1v) is 9.07. The zero-order chi connectivity index (χ0) is 22.9. The molecule has 3 rings (SSSR count). The fourth-order valence-corrected chi connectivity index (χ4v) is 2.97. The normalized spacial score (nSPS) is 11.8. The third-order valence-electron chi connectivity index (χ3n) is 4.29. The summed E-state index contributed by atoms with van der Waals surface area (Å²) in [7, 11) is 3.38. The number of rotatable bonds is 4. The molecule has 0 saturated carbocycles. The highest BCUT2D eigenvalue weighted by Crippen LogP contribution is 2.35. The Morgan fingerprint density at radius 1 is 1.26 bits per heavy atom. The van der Waals surface area contributed by atoms with Crippen molar-refractivity contribution in [1.29, 1.82) is 0 Å². The van der Waals surface area contributed by atoms with Crippen molar-refractivity contribution in [2.45, 2.75) is 20.0 Å². The van der Waals surface area contributed by atoms with Crippen LogP contribution in [0.3, 0.4) is 0 Å². The standard InChI is InChI=1S/C20H19F3N6O2/c1-11-15(18(31)24-10-28(3)4)9-29-17(26-19(27-29)25-12(2)30)16(11)13-6-5-7-14(8-13)20(21,22)23/h5-10H,1-4H3,(H,25,27,30)/b24-10+. The molecule has 0 saturated heterocycles. The monoisotopic (exact) mass is 432 g/mol. The molecular weight excluding hydrogens is 413 g/mol. The molecule has 2 heterocycles. The summed E-state index contributed by atoms with van der Waals surface area (Å²) in [5.41, 5.74) is 0.346. The first-order valence-electron chi connectivity index (χ1n) is 9.07.